The first-order valence-corrected chi connectivity index (χ1v) is 10.2. The predicted molar refractivity (Wildman–Crippen MR) is 117 cm³/mol. The van der Waals surface area contributed by atoms with Crippen LogP contribution in [0.3, 0.4) is 0 Å². The van der Waals surface area contributed by atoms with E-state index in [-0.39, 0.29) is 18.0 Å². The molecule has 5 nitrogen and oxygen atoms in total. The highest BCUT2D eigenvalue weighted by molar-refractivity contribution is 5.91. The number of hydrogen-bond acceptors (Lipinski definition) is 4. The monoisotopic (exact) mass is 409 g/mol. The molecule has 2 rings (SSSR count). The Morgan fingerprint density at radius 3 is 1.83 bits per heavy atom. The highest BCUT2D eigenvalue weighted by atomic mass is 16.6. The highest BCUT2D eigenvalue weighted by Gasteiger charge is 2.28. The molecule has 0 aliphatic carbocycles. The van der Waals surface area contributed by atoms with E-state index >= 15 is 0 Å². The van der Waals surface area contributed by atoms with Gasteiger partial charge in [-0.3, -0.25) is 9.59 Å². The van der Waals surface area contributed by atoms with Gasteiger partial charge in [-0.2, -0.15) is 0 Å². The van der Waals surface area contributed by atoms with E-state index in [0.717, 1.165) is 11.1 Å². The second-order valence-corrected chi connectivity index (χ2v) is 8.56. The number of alkyl carbamates (subject to hydrolysis) is 1. The minimum Gasteiger partial charge on any atom is -0.444 e. The van der Waals surface area contributed by atoms with Gasteiger partial charge in [0.2, 0.25) is 0 Å². The molecule has 0 spiro atoms. The number of carbonyl (C=O) groups excluding carboxylic acids is 3. The van der Waals surface area contributed by atoms with Gasteiger partial charge in [0.1, 0.15) is 11.4 Å². The molecule has 30 heavy (non-hydrogen) atoms. The fourth-order valence-electron chi connectivity index (χ4n) is 3.19. The van der Waals surface area contributed by atoms with Crippen molar-refractivity contribution in [3.05, 3.63) is 71.8 Å². The van der Waals surface area contributed by atoms with Crippen molar-refractivity contribution in [3.8, 4) is 0 Å². The zero-order chi connectivity index (χ0) is 22.1. The van der Waals surface area contributed by atoms with Crippen molar-refractivity contribution in [2.24, 2.45) is 5.92 Å². The zero-order valence-corrected chi connectivity index (χ0v) is 18.2. The molecule has 0 heterocycles. The van der Waals surface area contributed by atoms with Gasteiger partial charge in [-0.05, 0) is 51.7 Å². The quantitative estimate of drug-likeness (QED) is 0.660. The lowest BCUT2D eigenvalue weighted by atomic mass is 9.88. The smallest absolute Gasteiger partial charge is 0.408 e. The van der Waals surface area contributed by atoms with Crippen LogP contribution in [0, 0.1) is 5.92 Å². The Morgan fingerprint density at radius 1 is 0.867 bits per heavy atom. The summed E-state index contributed by atoms with van der Waals surface area (Å²) in [5, 5.41) is 2.71. The first-order valence-electron chi connectivity index (χ1n) is 10.2. The lowest BCUT2D eigenvalue weighted by molar-refractivity contribution is -0.127. The largest absolute Gasteiger partial charge is 0.444 e. The minimum atomic E-state index is -0.764. The van der Waals surface area contributed by atoms with Crippen molar-refractivity contribution >= 4 is 17.7 Å². The van der Waals surface area contributed by atoms with Gasteiger partial charge in [0.15, 0.2) is 5.78 Å². The normalized spacial score (nSPS) is 13.2. The van der Waals surface area contributed by atoms with E-state index in [1.54, 1.807) is 20.8 Å². The Labute approximate surface area is 178 Å². The maximum absolute atomic E-state index is 13.1. The Morgan fingerprint density at radius 2 is 1.37 bits per heavy atom. The molecule has 1 N–H and O–H groups in total. The van der Waals surface area contributed by atoms with E-state index in [1.807, 2.05) is 60.7 Å². The molecule has 160 valence electrons. The molecule has 5 heteroatoms. The van der Waals surface area contributed by atoms with Gasteiger partial charge in [0.05, 0.1) is 6.04 Å². The Kier molecular flexibility index (Phi) is 8.34. The summed E-state index contributed by atoms with van der Waals surface area (Å²) in [5.74, 6) is -0.651. The summed E-state index contributed by atoms with van der Waals surface area (Å²) in [6.45, 7) is 6.82. The van der Waals surface area contributed by atoms with Crippen LogP contribution in [-0.4, -0.2) is 29.3 Å². The van der Waals surface area contributed by atoms with Crippen LogP contribution in [0.25, 0.3) is 0 Å². The molecule has 1 amide bonds. The van der Waals surface area contributed by atoms with Crippen LogP contribution in [0.5, 0.6) is 0 Å². The van der Waals surface area contributed by atoms with Crippen LogP contribution in [-0.2, 0) is 27.2 Å². The highest BCUT2D eigenvalue weighted by Crippen LogP contribution is 2.17. The number of hydrogen-bond donors (Lipinski definition) is 1. The Hall–Kier alpha value is -2.95. The van der Waals surface area contributed by atoms with Crippen molar-refractivity contribution in [2.45, 2.75) is 58.6 Å². The summed E-state index contributed by atoms with van der Waals surface area (Å²) in [6.07, 6.45) is 0.262. The average molecular weight is 410 g/mol. The van der Waals surface area contributed by atoms with E-state index in [2.05, 4.69) is 5.32 Å². The minimum absolute atomic E-state index is 0.0390. The van der Waals surface area contributed by atoms with Crippen molar-refractivity contribution < 1.29 is 19.1 Å². The van der Waals surface area contributed by atoms with Crippen LogP contribution >= 0.6 is 0 Å². The number of Topliss-reactive ketones (excluding diaryl/α,β-unsaturated/α-hetero) is 2. The molecular formula is C25H31NO4. The van der Waals surface area contributed by atoms with Gasteiger partial charge in [-0.15, -0.1) is 0 Å². The van der Waals surface area contributed by atoms with Crippen LogP contribution in [0.15, 0.2) is 60.7 Å². The third-order valence-corrected chi connectivity index (χ3v) is 4.71. The fourth-order valence-corrected chi connectivity index (χ4v) is 3.19. The van der Waals surface area contributed by atoms with Crippen LogP contribution in [0.2, 0.25) is 0 Å². The molecule has 0 saturated carbocycles. The lowest BCUT2D eigenvalue weighted by Gasteiger charge is -2.24. The molecular weight excluding hydrogens is 378 g/mol. The molecule has 2 aromatic rings. The molecule has 0 fully saturated rings. The Balaban J connectivity index is 2.14. The zero-order valence-electron chi connectivity index (χ0n) is 18.2. The molecule has 2 aromatic carbocycles. The predicted octanol–water partition coefficient (Wildman–Crippen LogP) is 4.53. The molecule has 2 atom stereocenters. The summed E-state index contributed by atoms with van der Waals surface area (Å²) in [6, 6.07) is 18.4. The topological polar surface area (TPSA) is 72.5 Å². The van der Waals surface area contributed by atoms with Crippen LogP contribution in [0.4, 0.5) is 4.79 Å². The van der Waals surface area contributed by atoms with Crippen molar-refractivity contribution in [1.82, 2.24) is 5.32 Å². The lowest BCUT2D eigenvalue weighted by Crippen LogP contribution is -2.45. The number of ketones is 2. The second-order valence-electron chi connectivity index (χ2n) is 8.56. The molecule has 0 aromatic heterocycles. The van der Waals surface area contributed by atoms with E-state index in [1.165, 1.54) is 6.92 Å². The molecule has 0 aliphatic rings. The average Bonchev–Trinajstić information content (AvgIpc) is 2.67. The number of amides is 1. The first kappa shape index (κ1) is 23.3. The van der Waals surface area contributed by atoms with Gasteiger partial charge in [-0.1, -0.05) is 60.7 Å². The second kappa shape index (κ2) is 10.7. The molecule has 0 aliphatic heterocycles. The van der Waals surface area contributed by atoms with Gasteiger partial charge in [0.25, 0.3) is 0 Å². The molecule has 0 saturated heterocycles. The number of ether oxygens (including phenoxy) is 1. The number of nitrogens with one attached hydrogen (secondary N) is 1. The van der Waals surface area contributed by atoms with Crippen molar-refractivity contribution in [3.63, 3.8) is 0 Å². The van der Waals surface area contributed by atoms with E-state index < -0.39 is 23.7 Å². The van der Waals surface area contributed by atoms with Crippen LogP contribution < -0.4 is 5.32 Å². The summed E-state index contributed by atoms with van der Waals surface area (Å²) in [7, 11) is 0. The van der Waals surface area contributed by atoms with Crippen LogP contribution in [0.1, 0.15) is 45.2 Å². The fraction of sp³-hybridized carbons (Fsp3) is 0.400. The standard InChI is InChI=1S/C25H31NO4/c1-18(27)21(15-19-11-7-5-8-12-19)17-23(28)22(16-20-13-9-6-10-14-20)26-24(29)30-25(2,3)4/h5-14,21-22H,15-17H2,1-4H3,(H,26,29)/t21-,22+/m1/s1. The third kappa shape index (κ3) is 8.19. The van der Waals surface area contributed by atoms with Gasteiger partial charge in [0, 0.05) is 12.3 Å². The van der Waals surface area contributed by atoms with Gasteiger partial charge in [-0.25, -0.2) is 4.79 Å². The number of benzene rings is 2. The summed E-state index contributed by atoms with van der Waals surface area (Å²) in [5.41, 5.74) is 1.26. The molecule has 0 radical (unpaired) electrons. The first-order chi connectivity index (χ1) is 14.1. The summed E-state index contributed by atoms with van der Waals surface area (Å²) in [4.78, 5) is 37.7. The number of carbonyl (C=O) groups is 3. The number of rotatable bonds is 9. The summed E-state index contributed by atoms with van der Waals surface area (Å²) < 4.78 is 5.33. The Bertz CT molecular complexity index is 840. The SMILES string of the molecule is CC(=O)[C@@H](CC(=O)[C@H](Cc1ccccc1)NC(=O)OC(C)(C)C)Cc1ccccc1. The van der Waals surface area contributed by atoms with E-state index in [9.17, 15) is 14.4 Å². The third-order valence-electron chi connectivity index (χ3n) is 4.71. The van der Waals surface area contributed by atoms with E-state index in [4.69, 9.17) is 4.74 Å². The summed E-state index contributed by atoms with van der Waals surface area (Å²) >= 11 is 0. The molecule has 0 unspecified atom stereocenters. The van der Waals surface area contributed by atoms with Gasteiger partial charge >= 0.3 is 6.09 Å². The maximum Gasteiger partial charge on any atom is 0.408 e. The molecule has 0 bridgehead atoms. The van der Waals surface area contributed by atoms with Crippen molar-refractivity contribution in [1.29, 1.82) is 0 Å². The van der Waals surface area contributed by atoms with E-state index in [0.29, 0.717) is 12.8 Å². The maximum atomic E-state index is 13.1. The van der Waals surface area contributed by atoms with Crippen molar-refractivity contribution in [2.75, 3.05) is 0 Å². The van der Waals surface area contributed by atoms with Gasteiger partial charge < -0.3 is 10.1 Å².